The maximum Gasteiger partial charge on any atom is 0.223 e. The molecule has 1 saturated heterocycles. The smallest absolute Gasteiger partial charge is 0.223 e. The zero-order valence-corrected chi connectivity index (χ0v) is 14.8. The fourth-order valence-corrected chi connectivity index (χ4v) is 3.82. The number of nitrogens with zero attached hydrogens (tertiary/aromatic N) is 3. The molecule has 24 heavy (non-hydrogen) atoms. The van der Waals surface area contributed by atoms with E-state index in [9.17, 15) is 9.59 Å². The number of ketones is 1. The van der Waals surface area contributed by atoms with Crippen molar-refractivity contribution in [2.75, 3.05) is 13.1 Å². The summed E-state index contributed by atoms with van der Waals surface area (Å²) >= 11 is 1.48. The molecule has 0 bridgehead atoms. The predicted octanol–water partition coefficient (Wildman–Crippen LogP) is 3.12. The number of aromatic nitrogens is 2. The van der Waals surface area contributed by atoms with Gasteiger partial charge >= 0.3 is 0 Å². The fourth-order valence-electron chi connectivity index (χ4n) is 2.98. The van der Waals surface area contributed by atoms with E-state index in [1.807, 2.05) is 24.0 Å². The molecule has 0 radical (unpaired) electrons. The molecule has 1 amide bonds. The van der Waals surface area contributed by atoms with Crippen molar-refractivity contribution in [2.24, 2.45) is 0 Å². The molecule has 0 N–H and O–H groups in total. The van der Waals surface area contributed by atoms with E-state index in [0.717, 1.165) is 29.1 Å². The highest BCUT2D eigenvalue weighted by atomic mass is 32.1. The summed E-state index contributed by atoms with van der Waals surface area (Å²) in [6.45, 7) is 5.07. The Morgan fingerprint density at radius 2 is 2.17 bits per heavy atom. The van der Waals surface area contributed by atoms with Crippen LogP contribution >= 0.6 is 11.3 Å². The molecular formula is C17H21N3O3S. The van der Waals surface area contributed by atoms with Gasteiger partial charge in [-0.25, -0.2) is 0 Å². The summed E-state index contributed by atoms with van der Waals surface area (Å²) in [5, 5.41) is 3.97. The van der Waals surface area contributed by atoms with E-state index >= 15 is 0 Å². The van der Waals surface area contributed by atoms with Gasteiger partial charge in [0, 0.05) is 43.6 Å². The lowest BCUT2D eigenvalue weighted by molar-refractivity contribution is -0.132. The Morgan fingerprint density at radius 1 is 1.33 bits per heavy atom. The van der Waals surface area contributed by atoms with Crippen LogP contribution in [0.15, 0.2) is 16.7 Å². The van der Waals surface area contributed by atoms with Crippen molar-refractivity contribution in [1.82, 2.24) is 15.0 Å². The van der Waals surface area contributed by atoms with Gasteiger partial charge in [-0.15, -0.1) is 11.3 Å². The molecule has 0 aromatic carbocycles. The van der Waals surface area contributed by atoms with Crippen LogP contribution < -0.4 is 0 Å². The highest BCUT2D eigenvalue weighted by Crippen LogP contribution is 2.25. The Hall–Kier alpha value is -2.02. The lowest BCUT2D eigenvalue weighted by Gasteiger charge is -2.31. The van der Waals surface area contributed by atoms with Gasteiger partial charge in [0.05, 0.1) is 4.88 Å². The number of aryl methyl sites for hydroxylation is 2. The number of hydrogen-bond donors (Lipinski definition) is 0. The number of rotatable bonds is 5. The van der Waals surface area contributed by atoms with Crippen LogP contribution in [0.25, 0.3) is 0 Å². The highest BCUT2D eigenvalue weighted by Gasteiger charge is 2.27. The molecule has 2 aromatic heterocycles. The van der Waals surface area contributed by atoms with Gasteiger partial charge in [-0.2, -0.15) is 4.98 Å². The molecule has 3 heterocycles. The van der Waals surface area contributed by atoms with Gasteiger partial charge in [-0.3, -0.25) is 9.59 Å². The standard InChI is InChI=1S/C17H21N3O3S/c1-11-5-7-15(24-11)14(21)6-8-16(22)20-9-3-4-13(10-20)17-18-12(2)23-19-17/h5,7,13H,3-4,6,8-10H2,1-2H3/t13-/m1/s1. The van der Waals surface area contributed by atoms with Gasteiger partial charge in [0.1, 0.15) is 0 Å². The zero-order chi connectivity index (χ0) is 17.1. The molecule has 1 fully saturated rings. The minimum atomic E-state index is 0.0292. The number of thiophene rings is 1. The largest absolute Gasteiger partial charge is 0.342 e. The van der Waals surface area contributed by atoms with Gasteiger partial charge in [0.15, 0.2) is 11.6 Å². The second-order valence-corrected chi connectivity index (χ2v) is 7.47. The summed E-state index contributed by atoms with van der Waals surface area (Å²) in [4.78, 5) is 32.5. The van der Waals surface area contributed by atoms with Gasteiger partial charge in [-0.05, 0) is 31.9 Å². The van der Waals surface area contributed by atoms with E-state index < -0.39 is 0 Å². The maximum absolute atomic E-state index is 12.4. The monoisotopic (exact) mass is 347 g/mol. The Morgan fingerprint density at radius 3 is 2.83 bits per heavy atom. The number of carbonyl (C=O) groups excluding carboxylic acids is 2. The van der Waals surface area contributed by atoms with E-state index in [4.69, 9.17) is 4.52 Å². The average molecular weight is 347 g/mol. The van der Waals surface area contributed by atoms with Crippen molar-refractivity contribution in [2.45, 2.75) is 45.4 Å². The first-order chi connectivity index (χ1) is 11.5. The summed E-state index contributed by atoms with van der Waals surface area (Å²) in [7, 11) is 0. The maximum atomic E-state index is 12.4. The van der Waals surface area contributed by atoms with Gasteiger partial charge in [0.25, 0.3) is 0 Å². The summed E-state index contributed by atoms with van der Waals surface area (Å²) in [6.07, 6.45) is 2.40. The normalized spacial score (nSPS) is 17.9. The van der Waals surface area contributed by atoms with Crippen LogP contribution in [0.5, 0.6) is 0 Å². The first kappa shape index (κ1) is 16.8. The number of amides is 1. The van der Waals surface area contributed by atoms with E-state index in [-0.39, 0.29) is 30.4 Å². The Bertz CT molecular complexity index is 737. The third-order valence-corrected chi connectivity index (χ3v) is 5.31. The topological polar surface area (TPSA) is 76.3 Å². The SMILES string of the molecule is Cc1nc([C@@H]2CCCN(C(=O)CCC(=O)c3ccc(C)s3)C2)no1. The molecule has 0 aliphatic carbocycles. The number of carbonyl (C=O) groups is 2. The lowest BCUT2D eigenvalue weighted by atomic mass is 9.97. The fraction of sp³-hybridized carbons (Fsp3) is 0.529. The van der Waals surface area contributed by atoms with Crippen LogP contribution in [0.1, 0.15) is 57.9 Å². The molecule has 0 saturated carbocycles. The van der Waals surface area contributed by atoms with Crippen molar-refractivity contribution in [3.05, 3.63) is 33.6 Å². The third kappa shape index (κ3) is 3.90. The van der Waals surface area contributed by atoms with Crippen LogP contribution in [0.2, 0.25) is 0 Å². The van der Waals surface area contributed by atoms with Gasteiger partial charge in [-0.1, -0.05) is 5.16 Å². The Balaban J connectivity index is 1.53. The lowest BCUT2D eigenvalue weighted by Crippen LogP contribution is -2.39. The predicted molar refractivity (Wildman–Crippen MR) is 90.2 cm³/mol. The molecular weight excluding hydrogens is 326 g/mol. The van der Waals surface area contributed by atoms with Crippen LogP contribution in [0.3, 0.4) is 0 Å². The number of hydrogen-bond acceptors (Lipinski definition) is 6. The quantitative estimate of drug-likeness (QED) is 0.777. The van der Waals surface area contributed by atoms with E-state index in [1.54, 1.807) is 6.92 Å². The van der Waals surface area contributed by atoms with Crippen LogP contribution in [-0.4, -0.2) is 39.8 Å². The molecule has 1 aliphatic rings. The van der Waals surface area contributed by atoms with E-state index in [0.29, 0.717) is 18.3 Å². The molecule has 1 aliphatic heterocycles. The van der Waals surface area contributed by atoms with Crippen molar-refractivity contribution < 1.29 is 14.1 Å². The van der Waals surface area contributed by atoms with E-state index in [1.165, 1.54) is 11.3 Å². The van der Waals surface area contributed by atoms with Crippen LogP contribution in [-0.2, 0) is 4.79 Å². The molecule has 3 rings (SSSR count). The summed E-state index contributed by atoms with van der Waals surface area (Å²) < 4.78 is 5.04. The molecule has 6 nitrogen and oxygen atoms in total. The summed E-state index contributed by atoms with van der Waals surface area (Å²) in [5.41, 5.74) is 0. The Labute approximate surface area is 144 Å². The van der Waals surface area contributed by atoms with Crippen LogP contribution in [0.4, 0.5) is 0 Å². The number of Topliss-reactive ketones (excluding diaryl/α,β-unsaturated/α-hetero) is 1. The Kier molecular flexibility index (Phi) is 5.08. The minimum Gasteiger partial charge on any atom is -0.342 e. The first-order valence-electron chi connectivity index (χ1n) is 8.20. The third-order valence-electron chi connectivity index (χ3n) is 4.26. The molecule has 0 unspecified atom stereocenters. The molecule has 0 spiro atoms. The highest BCUT2D eigenvalue weighted by molar-refractivity contribution is 7.14. The molecule has 1 atom stereocenters. The molecule has 128 valence electrons. The van der Waals surface area contributed by atoms with Gasteiger partial charge < -0.3 is 9.42 Å². The van der Waals surface area contributed by atoms with Gasteiger partial charge in [0.2, 0.25) is 11.8 Å². The second-order valence-electron chi connectivity index (χ2n) is 6.18. The number of likely N-dealkylation sites (tertiary alicyclic amines) is 1. The number of piperidine rings is 1. The van der Waals surface area contributed by atoms with Crippen molar-refractivity contribution in [1.29, 1.82) is 0 Å². The molecule has 2 aromatic rings. The average Bonchev–Trinajstić information content (AvgIpc) is 3.21. The summed E-state index contributed by atoms with van der Waals surface area (Å²) in [5.74, 6) is 1.42. The summed E-state index contributed by atoms with van der Waals surface area (Å²) in [6, 6.07) is 3.77. The van der Waals surface area contributed by atoms with Crippen molar-refractivity contribution in [3.63, 3.8) is 0 Å². The zero-order valence-electron chi connectivity index (χ0n) is 13.9. The molecule has 7 heteroatoms. The first-order valence-corrected chi connectivity index (χ1v) is 9.02. The van der Waals surface area contributed by atoms with Crippen molar-refractivity contribution in [3.8, 4) is 0 Å². The van der Waals surface area contributed by atoms with Crippen molar-refractivity contribution >= 4 is 23.0 Å². The van der Waals surface area contributed by atoms with Crippen LogP contribution in [0, 0.1) is 13.8 Å². The second kappa shape index (κ2) is 7.25. The minimum absolute atomic E-state index is 0.0292. The van der Waals surface area contributed by atoms with E-state index in [2.05, 4.69) is 10.1 Å².